The average molecular weight is 453 g/mol. The second kappa shape index (κ2) is 9.96. The number of hydrogen-bond acceptors (Lipinski definition) is 1. The van der Waals surface area contributed by atoms with E-state index in [1.54, 1.807) is 5.57 Å². The van der Waals surface area contributed by atoms with Crippen LogP contribution in [0.25, 0.3) is 0 Å². The molecule has 30 heavy (non-hydrogen) atoms. The van der Waals surface area contributed by atoms with Crippen LogP contribution in [0.1, 0.15) is 34.1 Å². The van der Waals surface area contributed by atoms with Crippen LogP contribution in [-0.2, 0) is 18.1 Å². The zero-order valence-corrected chi connectivity index (χ0v) is 22.3. The Morgan fingerprint density at radius 2 is 1.43 bits per heavy atom. The van der Waals surface area contributed by atoms with Crippen molar-refractivity contribution in [2.45, 2.75) is 58.8 Å². The normalized spacial score (nSPS) is 15.4. The van der Waals surface area contributed by atoms with Crippen molar-refractivity contribution >= 4 is 16.5 Å². The summed E-state index contributed by atoms with van der Waals surface area (Å²) < 4.78 is 7.28. The van der Waals surface area contributed by atoms with Gasteiger partial charge < -0.3 is 0 Å². The summed E-state index contributed by atoms with van der Waals surface area (Å²) in [6.07, 6.45) is 8.08. The number of hydrogen-bond donors (Lipinski definition) is 1. The van der Waals surface area contributed by atoms with Gasteiger partial charge in [-0.25, -0.2) is 0 Å². The van der Waals surface area contributed by atoms with Gasteiger partial charge in [0.1, 0.15) is 0 Å². The Morgan fingerprint density at radius 1 is 0.900 bits per heavy atom. The molecule has 0 saturated carbocycles. The molecule has 3 rings (SSSR count). The van der Waals surface area contributed by atoms with Crippen LogP contribution in [0.3, 0.4) is 0 Å². The van der Waals surface area contributed by atoms with Crippen molar-refractivity contribution in [2.75, 3.05) is 0 Å². The van der Waals surface area contributed by atoms with E-state index in [9.17, 15) is 0 Å². The summed E-state index contributed by atoms with van der Waals surface area (Å²) in [4.78, 5) is 0. The third-order valence-corrected chi connectivity index (χ3v) is 12.3. The van der Waals surface area contributed by atoms with Crippen molar-refractivity contribution in [3.05, 3.63) is 84.5 Å². The van der Waals surface area contributed by atoms with E-state index in [0.29, 0.717) is 5.92 Å². The van der Waals surface area contributed by atoms with Gasteiger partial charge in [-0.3, -0.25) is 0 Å². The third-order valence-electron chi connectivity index (χ3n) is 6.18. The summed E-state index contributed by atoms with van der Waals surface area (Å²) in [5.74, 6) is 0.518. The molecule has 1 aliphatic rings. The fourth-order valence-electron chi connectivity index (χ4n) is 5.71. The van der Waals surface area contributed by atoms with Gasteiger partial charge in [0, 0.05) is 0 Å². The fraction of sp³-hybridized carbons (Fsp3) is 0.407. The van der Waals surface area contributed by atoms with E-state index in [-0.39, 0.29) is 11.0 Å². The van der Waals surface area contributed by atoms with Crippen LogP contribution < -0.4 is 11.5 Å². The summed E-state index contributed by atoms with van der Waals surface area (Å²) in [6.45, 7) is 14.9. The van der Waals surface area contributed by atoms with Crippen LogP contribution in [0, 0.1) is 11.3 Å². The summed E-state index contributed by atoms with van der Waals surface area (Å²) in [7, 11) is -0.683. The Morgan fingerprint density at radius 3 is 1.87 bits per heavy atom. The molecule has 159 valence electrons. The predicted molar refractivity (Wildman–Crippen MR) is 132 cm³/mol. The van der Waals surface area contributed by atoms with E-state index in [2.05, 4.69) is 123 Å². The summed E-state index contributed by atoms with van der Waals surface area (Å²) in [6, 6.07) is 23.7. The molecule has 0 aromatic heterocycles. The molecule has 0 aliphatic heterocycles. The van der Waals surface area contributed by atoms with Crippen molar-refractivity contribution in [3.63, 3.8) is 0 Å². The molecular weight excluding hydrogens is 414 g/mol. The Bertz CT molecular complexity index is 829. The van der Waals surface area contributed by atoms with Crippen LogP contribution in [0.5, 0.6) is 0 Å². The zero-order valence-electron chi connectivity index (χ0n) is 19.6. The first-order valence-electron chi connectivity index (χ1n) is 11.3. The number of rotatable bonds is 9. The number of benzene rings is 2. The molecule has 0 amide bonds. The molecule has 0 saturated heterocycles. The molecule has 1 atom stereocenters. The molecule has 0 heterocycles. The van der Waals surface area contributed by atoms with E-state index in [1.807, 2.05) is 0 Å². The number of allylic oxidation sites excluding steroid dienone is 3. The van der Waals surface area contributed by atoms with Crippen molar-refractivity contribution in [2.24, 2.45) is 11.3 Å². The monoisotopic (exact) mass is 452 g/mol. The maximum absolute atomic E-state index is 4.30. The molecule has 1 nitrogen and oxygen atoms in total. The maximum atomic E-state index is 4.30. The van der Waals surface area contributed by atoms with Gasteiger partial charge in [-0.05, 0) is 0 Å². The van der Waals surface area contributed by atoms with Crippen LogP contribution in [-0.4, -0.2) is 14.3 Å². The first-order chi connectivity index (χ1) is 14.2. The summed E-state index contributed by atoms with van der Waals surface area (Å²) in [5, 5.41) is 0. The van der Waals surface area contributed by atoms with Gasteiger partial charge in [-0.1, -0.05) is 0 Å². The minimum absolute atomic E-state index is 0.0195. The van der Waals surface area contributed by atoms with Crippen LogP contribution in [0.15, 0.2) is 84.5 Å². The summed E-state index contributed by atoms with van der Waals surface area (Å²) in [5.41, 5.74) is 1.91. The first kappa shape index (κ1) is 23.5. The van der Waals surface area contributed by atoms with E-state index in [0.717, 1.165) is 6.42 Å². The third kappa shape index (κ3) is 5.73. The predicted octanol–water partition coefficient (Wildman–Crippen LogP) is 5.55. The van der Waals surface area contributed by atoms with Gasteiger partial charge in [0.05, 0.1) is 0 Å². The van der Waals surface area contributed by atoms with E-state index < -0.39 is 26.9 Å². The second-order valence-electron chi connectivity index (χ2n) is 10.3. The van der Waals surface area contributed by atoms with Gasteiger partial charge >= 0.3 is 193 Å². The zero-order chi connectivity index (χ0) is 21.8. The Balaban J connectivity index is 2.00. The molecule has 2 aromatic carbocycles. The molecule has 1 N–H and O–H groups in total. The average Bonchev–Trinajstić information content (AvgIpc) is 3.19. The van der Waals surface area contributed by atoms with Gasteiger partial charge in [-0.2, -0.15) is 0 Å². The molecular formula is C27H38NSiTi. The van der Waals surface area contributed by atoms with E-state index in [4.69, 9.17) is 0 Å². The van der Waals surface area contributed by atoms with Gasteiger partial charge in [0.25, 0.3) is 0 Å². The van der Waals surface area contributed by atoms with Crippen LogP contribution >= 0.6 is 0 Å². The van der Waals surface area contributed by atoms with Crippen LogP contribution in [0.2, 0.25) is 19.1 Å². The Labute approximate surface area is 192 Å². The quantitative estimate of drug-likeness (QED) is 0.492. The molecule has 1 aliphatic carbocycles. The summed E-state index contributed by atoms with van der Waals surface area (Å²) >= 11 is -1.92. The van der Waals surface area contributed by atoms with Gasteiger partial charge in [0.15, 0.2) is 0 Å². The van der Waals surface area contributed by atoms with Crippen LogP contribution in [0.4, 0.5) is 0 Å². The van der Waals surface area contributed by atoms with E-state index >= 15 is 0 Å². The topological polar surface area (TPSA) is 12.0 Å². The number of nitrogens with one attached hydrogen (secondary N) is 1. The molecule has 0 spiro atoms. The first-order valence-corrected chi connectivity index (χ1v) is 16.8. The van der Waals surface area contributed by atoms with Gasteiger partial charge in [-0.15, -0.1) is 0 Å². The van der Waals surface area contributed by atoms with Crippen molar-refractivity contribution < 1.29 is 18.1 Å². The fourth-order valence-corrected chi connectivity index (χ4v) is 11.9. The molecule has 0 radical (unpaired) electrons. The molecule has 2 aromatic rings. The van der Waals surface area contributed by atoms with Crippen molar-refractivity contribution in [1.82, 2.24) is 3.80 Å². The molecule has 0 bridgehead atoms. The van der Waals surface area contributed by atoms with E-state index in [1.165, 1.54) is 13.8 Å². The minimum atomic E-state index is -1.92. The second-order valence-corrected chi connectivity index (χ2v) is 16.9. The van der Waals surface area contributed by atoms with Crippen molar-refractivity contribution in [3.8, 4) is 0 Å². The molecule has 0 fully saturated rings. The molecule has 1 unspecified atom stereocenters. The molecule has 3 heteroatoms. The van der Waals surface area contributed by atoms with Crippen molar-refractivity contribution in [1.29, 1.82) is 0 Å². The van der Waals surface area contributed by atoms with Gasteiger partial charge in [0.2, 0.25) is 0 Å². The standard InChI is InChI=1S/C15H28NSi.2C6H5.Ti/c1-14(2,11-17(5)6)13(15(3,4)16)12-9-7-8-10-12;2*1-2-4-6-5-3-1;/h7-9,13,16-17H,10-11H2,1-6H3;2*1-5H;/q-1;;;+1. The Hall–Kier alpha value is -1.19. The Kier molecular flexibility index (Phi) is 7.79. The SMILES string of the molecule is C[SiH](C)CC(C)(C)C(C1=CC=CC1)C(C)(C)[NH][Ti]([c]1ccccc1)[c]1ccccc1.